The standard InChI is InChI=1S/C20H25N/c1-2-7-18(8-3-1)16-19-11-9-17(10-12-19)6-4-5-15-21-20-13-14-20/h1-3,7-12,20-21H,4-6,13-16H2. The molecular weight excluding hydrogens is 254 g/mol. The smallest absolute Gasteiger partial charge is 0.00682 e. The first-order chi connectivity index (χ1) is 10.4. The molecule has 0 unspecified atom stereocenters. The van der Waals surface area contributed by atoms with E-state index in [0.29, 0.717) is 0 Å². The van der Waals surface area contributed by atoms with Crippen molar-refractivity contribution in [2.24, 2.45) is 0 Å². The van der Waals surface area contributed by atoms with E-state index in [1.165, 1.54) is 55.3 Å². The fourth-order valence-corrected chi connectivity index (χ4v) is 2.70. The van der Waals surface area contributed by atoms with Crippen LogP contribution in [-0.4, -0.2) is 12.6 Å². The molecule has 1 fully saturated rings. The molecule has 1 nitrogen and oxygen atoms in total. The Morgan fingerprint density at radius 2 is 1.43 bits per heavy atom. The third-order valence-corrected chi connectivity index (χ3v) is 4.18. The highest BCUT2D eigenvalue weighted by molar-refractivity contribution is 5.28. The van der Waals surface area contributed by atoms with Crippen LogP contribution in [0.4, 0.5) is 0 Å². The Balaban J connectivity index is 1.40. The average molecular weight is 279 g/mol. The quantitative estimate of drug-likeness (QED) is 0.708. The molecule has 0 aromatic heterocycles. The highest BCUT2D eigenvalue weighted by Gasteiger charge is 2.19. The summed E-state index contributed by atoms with van der Waals surface area (Å²) in [6, 6.07) is 20.7. The van der Waals surface area contributed by atoms with E-state index in [9.17, 15) is 0 Å². The lowest BCUT2D eigenvalue weighted by Crippen LogP contribution is -2.17. The van der Waals surface area contributed by atoms with Crippen LogP contribution in [0.15, 0.2) is 54.6 Å². The third-order valence-electron chi connectivity index (χ3n) is 4.18. The van der Waals surface area contributed by atoms with Crippen molar-refractivity contribution in [3.8, 4) is 0 Å². The molecule has 0 atom stereocenters. The van der Waals surface area contributed by atoms with Crippen LogP contribution in [-0.2, 0) is 12.8 Å². The number of rotatable bonds is 8. The zero-order valence-corrected chi connectivity index (χ0v) is 12.7. The summed E-state index contributed by atoms with van der Waals surface area (Å²) in [4.78, 5) is 0. The monoisotopic (exact) mass is 279 g/mol. The van der Waals surface area contributed by atoms with Gasteiger partial charge in [0.05, 0.1) is 0 Å². The molecule has 21 heavy (non-hydrogen) atoms. The lowest BCUT2D eigenvalue weighted by Gasteiger charge is -2.05. The summed E-state index contributed by atoms with van der Waals surface area (Å²) >= 11 is 0. The Bertz CT molecular complexity index is 526. The molecule has 1 N–H and O–H groups in total. The van der Waals surface area contributed by atoms with Crippen LogP contribution in [0.2, 0.25) is 0 Å². The largest absolute Gasteiger partial charge is 0.314 e. The van der Waals surface area contributed by atoms with Gasteiger partial charge >= 0.3 is 0 Å². The molecule has 2 aromatic rings. The van der Waals surface area contributed by atoms with Crippen LogP contribution in [0.3, 0.4) is 0 Å². The average Bonchev–Trinajstić information content (AvgIpc) is 3.34. The van der Waals surface area contributed by atoms with Crippen molar-refractivity contribution in [2.45, 2.75) is 44.6 Å². The van der Waals surface area contributed by atoms with Gasteiger partial charge in [0.15, 0.2) is 0 Å². The molecule has 3 rings (SSSR count). The molecule has 1 aliphatic carbocycles. The lowest BCUT2D eigenvalue weighted by molar-refractivity contribution is 0.620. The second kappa shape index (κ2) is 7.42. The molecule has 0 spiro atoms. The van der Waals surface area contributed by atoms with Crippen LogP contribution in [0.1, 0.15) is 42.4 Å². The van der Waals surface area contributed by atoms with E-state index in [2.05, 4.69) is 59.9 Å². The van der Waals surface area contributed by atoms with Crippen molar-refractivity contribution < 1.29 is 0 Å². The van der Waals surface area contributed by atoms with Gasteiger partial charge in [-0.05, 0) is 61.8 Å². The van der Waals surface area contributed by atoms with Crippen LogP contribution in [0, 0.1) is 0 Å². The molecule has 0 heterocycles. The molecule has 0 bridgehead atoms. The number of nitrogens with one attached hydrogen (secondary N) is 1. The molecule has 0 saturated heterocycles. The molecule has 0 radical (unpaired) electrons. The molecule has 1 saturated carbocycles. The molecule has 0 aliphatic heterocycles. The Kier molecular flexibility index (Phi) is 5.07. The number of unbranched alkanes of at least 4 members (excludes halogenated alkanes) is 1. The van der Waals surface area contributed by atoms with Crippen LogP contribution in [0.5, 0.6) is 0 Å². The Morgan fingerprint density at radius 3 is 2.14 bits per heavy atom. The van der Waals surface area contributed by atoms with Gasteiger partial charge in [-0.15, -0.1) is 0 Å². The first-order valence-corrected chi connectivity index (χ1v) is 8.25. The van der Waals surface area contributed by atoms with Crippen molar-refractivity contribution in [2.75, 3.05) is 6.54 Å². The van der Waals surface area contributed by atoms with E-state index in [1.807, 2.05) is 0 Å². The van der Waals surface area contributed by atoms with Crippen LogP contribution in [0.25, 0.3) is 0 Å². The van der Waals surface area contributed by atoms with Gasteiger partial charge in [0.2, 0.25) is 0 Å². The number of hydrogen-bond acceptors (Lipinski definition) is 1. The van der Waals surface area contributed by atoms with E-state index < -0.39 is 0 Å². The Labute approximate surface area is 128 Å². The predicted molar refractivity (Wildman–Crippen MR) is 89.7 cm³/mol. The Morgan fingerprint density at radius 1 is 0.762 bits per heavy atom. The van der Waals surface area contributed by atoms with Crippen LogP contribution < -0.4 is 5.32 Å². The van der Waals surface area contributed by atoms with Gasteiger partial charge in [-0.3, -0.25) is 0 Å². The maximum absolute atomic E-state index is 3.58. The normalized spacial score (nSPS) is 14.3. The summed E-state index contributed by atoms with van der Waals surface area (Å²) in [5.74, 6) is 0. The van der Waals surface area contributed by atoms with Gasteiger partial charge in [0.25, 0.3) is 0 Å². The van der Waals surface area contributed by atoms with E-state index in [0.717, 1.165) is 12.5 Å². The highest BCUT2D eigenvalue weighted by atomic mass is 14.9. The van der Waals surface area contributed by atoms with E-state index in [4.69, 9.17) is 0 Å². The first-order valence-electron chi connectivity index (χ1n) is 8.25. The van der Waals surface area contributed by atoms with Crippen molar-refractivity contribution in [1.82, 2.24) is 5.32 Å². The van der Waals surface area contributed by atoms with Gasteiger partial charge in [-0.2, -0.15) is 0 Å². The summed E-state index contributed by atoms with van der Waals surface area (Å²) < 4.78 is 0. The minimum absolute atomic E-state index is 0.849. The number of aryl methyl sites for hydroxylation is 1. The molecule has 1 aliphatic rings. The topological polar surface area (TPSA) is 12.0 Å². The zero-order chi connectivity index (χ0) is 14.3. The fourth-order valence-electron chi connectivity index (χ4n) is 2.70. The summed E-state index contributed by atoms with van der Waals surface area (Å²) in [5, 5.41) is 3.58. The lowest BCUT2D eigenvalue weighted by atomic mass is 10.0. The maximum atomic E-state index is 3.58. The summed E-state index contributed by atoms with van der Waals surface area (Å²) in [7, 11) is 0. The number of hydrogen-bond donors (Lipinski definition) is 1. The van der Waals surface area contributed by atoms with Crippen molar-refractivity contribution in [3.63, 3.8) is 0 Å². The fraction of sp³-hybridized carbons (Fsp3) is 0.400. The van der Waals surface area contributed by atoms with Crippen molar-refractivity contribution >= 4 is 0 Å². The number of benzene rings is 2. The summed E-state index contributed by atoms with van der Waals surface area (Å²) in [6.45, 7) is 1.19. The third kappa shape index (κ3) is 5.02. The second-order valence-electron chi connectivity index (χ2n) is 6.16. The molecule has 1 heteroatoms. The van der Waals surface area contributed by atoms with Gasteiger partial charge in [-0.25, -0.2) is 0 Å². The minimum Gasteiger partial charge on any atom is -0.314 e. The van der Waals surface area contributed by atoms with Gasteiger partial charge in [0.1, 0.15) is 0 Å². The van der Waals surface area contributed by atoms with E-state index in [1.54, 1.807) is 0 Å². The maximum Gasteiger partial charge on any atom is 0.00682 e. The Hall–Kier alpha value is -1.60. The summed E-state index contributed by atoms with van der Waals surface area (Å²) in [5.41, 5.74) is 4.26. The molecule has 2 aromatic carbocycles. The molecule has 110 valence electrons. The second-order valence-corrected chi connectivity index (χ2v) is 6.16. The van der Waals surface area contributed by atoms with Crippen LogP contribution >= 0.6 is 0 Å². The van der Waals surface area contributed by atoms with E-state index >= 15 is 0 Å². The van der Waals surface area contributed by atoms with Gasteiger partial charge < -0.3 is 5.32 Å². The SMILES string of the molecule is c1ccc(Cc2ccc(CCCCNC3CC3)cc2)cc1. The van der Waals surface area contributed by atoms with E-state index in [-0.39, 0.29) is 0 Å². The van der Waals surface area contributed by atoms with Gasteiger partial charge in [-0.1, -0.05) is 54.6 Å². The van der Waals surface area contributed by atoms with Crippen molar-refractivity contribution in [1.29, 1.82) is 0 Å². The van der Waals surface area contributed by atoms with Crippen molar-refractivity contribution in [3.05, 3.63) is 71.3 Å². The minimum atomic E-state index is 0.849. The molecular formula is C20H25N. The highest BCUT2D eigenvalue weighted by Crippen LogP contribution is 2.18. The summed E-state index contributed by atoms with van der Waals surface area (Å²) in [6.07, 6.45) is 7.61. The molecule has 0 amide bonds. The predicted octanol–water partition coefficient (Wildman–Crippen LogP) is 4.35. The first kappa shape index (κ1) is 14.3. The van der Waals surface area contributed by atoms with Gasteiger partial charge in [0, 0.05) is 6.04 Å². The zero-order valence-electron chi connectivity index (χ0n) is 12.7.